The van der Waals surface area contributed by atoms with Gasteiger partial charge in [0.1, 0.15) is 4.83 Å². The highest BCUT2D eigenvalue weighted by atomic mass is 32.1. The van der Waals surface area contributed by atoms with E-state index in [0.717, 1.165) is 0 Å². The molecule has 0 aliphatic carbocycles. The van der Waals surface area contributed by atoms with Crippen LogP contribution in [-0.2, 0) is 0 Å². The maximum Gasteiger partial charge on any atom is 0.417 e. The minimum Gasteiger partial charge on any atom is -0.407 e. The topological polar surface area (TPSA) is 72.0 Å². The molecular formula is C5H4N2O2S. The van der Waals surface area contributed by atoms with Crippen molar-refractivity contribution in [2.75, 3.05) is 5.73 Å². The van der Waals surface area contributed by atoms with E-state index in [-0.39, 0.29) is 0 Å². The van der Waals surface area contributed by atoms with Crippen molar-refractivity contribution >= 4 is 26.8 Å². The highest BCUT2D eigenvalue weighted by Gasteiger charge is 2.02. The van der Waals surface area contributed by atoms with Crippen LogP contribution in [0.5, 0.6) is 0 Å². The lowest BCUT2D eigenvalue weighted by molar-refractivity contribution is 0.555. The third kappa shape index (κ3) is 0.640. The first kappa shape index (κ1) is 5.55. The molecule has 0 amide bonds. The average Bonchev–Trinajstić information content (AvgIpc) is 2.21. The summed E-state index contributed by atoms with van der Waals surface area (Å²) in [4.78, 5) is 13.7. The first-order valence-electron chi connectivity index (χ1n) is 2.64. The Labute approximate surface area is 59.3 Å². The Morgan fingerprint density at radius 3 is 3.20 bits per heavy atom. The molecule has 0 radical (unpaired) electrons. The Balaban J connectivity index is 2.95. The Kier molecular flexibility index (Phi) is 0.906. The summed E-state index contributed by atoms with van der Waals surface area (Å²) >= 11 is 1.30. The normalized spacial score (nSPS) is 10.8. The second kappa shape index (κ2) is 1.63. The molecule has 2 rings (SSSR count). The van der Waals surface area contributed by atoms with Gasteiger partial charge in [-0.05, 0) is 0 Å². The number of fused-ring (bicyclic) bond motifs is 1. The number of anilines is 1. The number of aromatic nitrogens is 1. The quantitative estimate of drug-likeness (QED) is 0.591. The van der Waals surface area contributed by atoms with Gasteiger partial charge in [-0.2, -0.15) is 0 Å². The van der Waals surface area contributed by atoms with Gasteiger partial charge in [-0.15, -0.1) is 0 Å². The second-order valence-corrected chi connectivity index (χ2v) is 2.94. The van der Waals surface area contributed by atoms with Crippen LogP contribution in [-0.4, -0.2) is 4.98 Å². The van der Waals surface area contributed by atoms with Crippen LogP contribution in [0.1, 0.15) is 0 Å². The first-order valence-corrected chi connectivity index (χ1v) is 3.45. The molecule has 0 aliphatic rings. The SMILES string of the molecule is Nc1cc2oc(=O)[nH]c2s1. The number of oxazole rings is 1. The standard InChI is InChI=1S/C5H4N2O2S/c6-3-1-2-4(10-3)7-5(8)9-2/h1H,6H2,(H,7,8). The van der Waals surface area contributed by atoms with Crippen LogP contribution in [0.2, 0.25) is 0 Å². The number of nitrogens with two attached hydrogens (primary N) is 1. The van der Waals surface area contributed by atoms with Gasteiger partial charge in [0, 0.05) is 6.07 Å². The lowest BCUT2D eigenvalue weighted by Crippen LogP contribution is -1.92. The molecule has 2 aromatic heterocycles. The zero-order valence-electron chi connectivity index (χ0n) is 4.88. The van der Waals surface area contributed by atoms with E-state index >= 15 is 0 Å². The predicted octanol–water partition coefficient (Wildman–Crippen LogP) is 0.765. The minimum atomic E-state index is -0.429. The number of thiophene rings is 1. The summed E-state index contributed by atoms with van der Waals surface area (Å²) in [6.45, 7) is 0. The molecule has 0 saturated carbocycles. The van der Waals surface area contributed by atoms with Gasteiger partial charge < -0.3 is 10.2 Å². The van der Waals surface area contributed by atoms with Crippen molar-refractivity contribution in [3.63, 3.8) is 0 Å². The molecule has 0 atom stereocenters. The van der Waals surface area contributed by atoms with Gasteiger partial charge in [-0.3, -0.25) is 4.98 Å². The molecule has 0 unspecified atom stereocenters. The second-order valence-electron chi connectivity index (χ2n) is 1.86. The molecule has 10 heavy (non-hydrogen) atoms. The largest absolute Gasteiger partial charge is 0.417 e. The smallest absolute Gasteiger partial charge is 0.407 e. The summed E-state index contributed by atoms with van der Waals surface area (Å²) in [5.41, 5.74) is 5.96. The van der Waals surface area contributed by atoms with Crippen molar-refractivity contribution in [3.05, 3.63) is 16.6 Å². The van der Waals surface area contributed by atoms with Crippen LogP contribution < -0.4 is 11.5 Å². The maximum atomic E-state index is 10.5. The molecule has 0 fully saturated rings. The fourth-order valence-corrected chi connectivity index (χ4v) is 1.51. The first-order chi connectivity index (χ1) is 4.75. The highest BCUT2D eigenvalue weighted by Crippen LogP contribution is 2.23. The summed E-state index contributed by atoms with van der Waals surface area (Å²) in [5, 5.41) is 0.644. The lowest BCUT2D eigenvalue weighted by Gasteiger charge is -1.72. The van der Waals surface area contributed by atoms with E-state index in [9.17, 15) is 4.79 Å². The summed E-state index contributed by atoms with van der Waals surface area (Å²) in [5.74, 6) is -0.429. The number of hydrogen-bond donors (Lipinski definition) is 2. The van der Waals surface area contributed by atoms with Gasteiger partial charge in [0.2, 0.25) is 0 Å². The highest BCUT2D eigenvalue weighted by molar-refractivity contribution is 7.22. The summed E-state index contributed by atoms with van der Waals surface area (Å²) in [6, 6.07) is 1.62. The van der Waals surface area contributed by atoms with Gasteiger partial charge in [0.25, 0.3) is 0 Å². The van der Waals surface area contributed by atoms with Crippen LogP contribution >= 0.6 is 11.3 Å². The van der Waals surface area contributed by atoms with E-state index in [1.54, 1.807) is 6.07 Å². The molecular weight excluding hydrogens is 152 g/mol. The van der Waals surface area contributed by atoms with E-state index in [2.05, 4.69) is 4.98 Å². The molecule has 5 heteroatoms. The van der Waals surface area contributed by atoms with Gasteiger partial charge in [-0.1, -0.05) is 11.3 Å². The molecule has 0 saturated heterocycles. The number of rotatable bonds is 0. The van der Waals surface area contributed by atoms with E-state index in [1.807, 2.05) is 0 Å². The van der Waals surface area contributed by atoms with E-state index < -0.39 is 5.76 Å². The molecule has 3 N–H and O–H groups in total. The monoisotopic (exact) mass is 156 g/mol. The summed E-state index contributed by atoms with van der Waals surface area (Å²) < 4.78 is 4.71. The zero-order valence-corrected chi connectivity index (χ0v) is 5.70. The molecule has 0 aromatic carbocycles. The Hall–Kier alpha value is -1.23. The van der Waals surface area contributed by atoms with E-state index in [4.69, 9.17) is 10.2 Å². The zero-order chi connectivity index (χ0) is 7.14. The van der Waals surface area contributed by atoms with Gasteiger partial charge in [0.05, 0.1) is 5.00 Å². The number of hydrogen-bond acceptors (Lipinski definition) is 4. The van der Waals surface area contributed by atoms with Gasteiger partial charge in [-0.25, -0.2) is 4.79 Å². The number of nitrogens with one attached hydrogen (secondary N) is 1. The molecule has 0 aliphatic heterocycles. The third-order valence-electron chi connectivity index (χ3n) is 1.14. The van der Waals surface area contributed by atoms with Crippen LogP contribution in [0, 0.1) is 0 Å². The summed E-state index contributed by atoms with van der Waals surface area (Å²) in [7, 11) is 0. The predicted molar refractivity (Wildman–Crippen MR) is 39.1 cm³/mol. The lowest BCUT2D eigenvalue weighted by atomic mass is 10.6. The van der Waals surface area contributed by atoms with Crippen molar-refractivity contribution in [2.45, 2.75) is 0 Å². The van der Waals surface area contributed by atoms with Crippen LogP contribution in [0.25, 0.3) is 10.4 Å². The third-order valence-corrected chi connectivity index (χ3v) is 2.00. The minimum absolute atomic E-state index is 0.429. The number of nitrogen functional groups attached to an aromatic ring is 1. The van der Waals surface area contributed by atoms with Crippen molar-refractivity contribution in [1.82, 2.24) is 4.98 Å². The van der Waals surface area contributed by atoms with Crippen LogP contribution in [0.3, 0.4) is 0 Å². The van der Waals surface area contributed by atoms with Gasteiger partial charge >= 0.3 is 5.76 Å². The van der Waals surface area contributed by atoms with Crippen molar-refractivity contribution in [2.24, 2.45) is 0 Å². The van der Waals surface area contributed by atoms with Crippen molar-refractivity contribution in [3.8, 4) is 0 Å². The Morgan fingerprint density at radius 1 is 1.70 bits per heavy atom. The van der Waals surface area contributed by atoms with E-state index in [1.165, 1.54) is 11.3 Å². The molecule has 0 bridgehead atoms. The Bertz CT molecular complexity index is 376. The maximum absolute atomic E-state index is 10.5. The molecule has 52 valence electrons. The summed E-state index contributed by atoms with van der Waals surface area (Å²) in [6.07, 6.45) is 0. The van der Waals surface area contributed by atoms with Crippen molar-refractivity contribution in [1.29, 1.82) is 0 Å². The van der Waals surface area contributed by atoms with Crippen LogP contribution in [0.4, 0.5) is 5.00 Å². The van der Waals surface area contributed by atoms with Gasteiger partial charge in [0.15, 0.2) is 5.58 Å². The molecule has 4 nitrogen and oxygen atoms in total. The number of aromatic amines is 1. The molecule has 0 spiro atoms. The average molecular weight is 156 g/mol. The van der Waals surface area contributed by atoms with Crippen LogP contribution in [0.15, 0.2) is 15.3 Å². The number of H-pyrrole nitrogens is 1. The molecule has 2 aromatic rings. The Morgan fingerprint density at radius 2 is 2.50 bits per heavy atom. The molecule has 2 heterocycles. The fourth-order valence-electron chi connectivity index (χ4n) is 0.773. The van der Waals surface area contributed by atoms with Crippen molar-refractivity contribution < 1.29 is 4.42 Å². The fraction of sp³-hybridized carbons (Fsp3) is 0. The van der Waals surface area contributed by atoms with E-state index in [0.29, 0.717) is 15.4 Å².